The molecule has 0 fully saturated rings. The maximum Gasteiger partial charge on any atom is 0.104 e. The summed E-state index contributed by atoms with van der Waals surface area (Å²) in [6.07, 6.45) is 0.936. The summed E-state index contributed by atoms with van der Waals surface area (Å²) in [5, 5.41) is 12.7. The highest BCUT2D eigenvalue weighted by molar-refractivity contribution is 7.16. The predicted molar refractivity (Wildman–Crippen MR) is 48.9 cm³/mol. The Morgan fingerprint density at radius 2 is 2.42 bits per heavy atom. The molecule has 0 spiro atoms. The van der Waals surface area contributed by atoms with E-state index >= 15 is 0 Å². The minimum Gasteiger partial charge on any atom is -0.389 e. The summed E-state index contributed by atoms with van der Waals surface area (Å²) in [6, 6.07) is 2.16. The molecule has 3 N–H and O–H groups in total. The predicted octanol–water partition coefficient (Wildman–Crippen LogP) is 0.848. The number of nitrogen functional groups attached to an aromatic ring is 1. The number of thiophene rings is 1. The van der Waals surface area contributed by atoms with Crippen molar-refractivity contribution in [1.82, 2.24) is 5.32 Å². The van der Waals surface area contributed by atoms with Gasteiger partial charge >= 0.3 is 0 Å². The van der Waals surface area contributed by atoms with Gasteiger partial charge in [0.2, 0.25) is 0 Å². The van der Waals surface area contributed by atoms with Crippen LogP contribution < -0.4 is 11.1 Å². The van der Waals surface area contributed by atoms with Crippen molar-refractivity contribution in [2.75, 3.05) is 12.3 Å². The van der Waals surface area contributed by atoms with E-state index in [9.17, 15) is 0 Å². The molecule has 1 aliphatic heterocycles. The molecule has 62 valence electrons. The summed E-state index contributed by atoms with van der Waals surface area (Å²) in [6.45, 7) is 1.82. The quantitative estimate of drug-likeness (QED) is 0.620. The van der Waals surface area contributed by atoms with Gasteiger partial charge in [0.25, 0.3) is 0 Å². The molecule has 3 nitrogen and oxygen atoms in total. The number of anilines is 1. The van der Waals surface area contributed by atoms with Crippen LogP contribution in [0.5, 0.6) is 0 Å². The third kappa shape index (κ3) is 0.986. The van der Waals surface area contributed by atoms with Crippen molar-refractivity contribution in [3.8, 4) is 6.07 Å². The molecule has 0 atom stereocenters. The smallest absolute Gasteiger partial charge is 0.104 e. The summed E-state index contributed by atoms with van der Waals surface area (Å²) in [5.74, 6) is 0. The van der Waals surface area contributed by atoms with Gasteiger partial charge in [-0.15, -0.1) is 11.3 Å². The number of hydrogen-bond donors (Lipinski definition) is 2. The van der Waals surface area contributed by atoms with Gasteiger partial charge in [-0.05, 0) is 18.5 Å². The summed E-state index contributed by atoms with van der Waals surface area (Å²) in [5.41, 5.74) is 7.57. The van der Waals surface area contributed by atoms with E-state index in [1.54, 1.807) is 0 Å². The molecule has 0 aliphatic carbocycles. The van der Waals surface area contributed by atoms with Gasteiger partial charge in [-0.3, -0.25) is 0 Å². The van der Waals surface area contributed by atoms with E-state index in [-0.39, 0.29) is 0 Å². The second kappa shape index (κ2) is 2.77. The summed E-state index contributed by atoms with van der Waals surface area (Å²) in [7, 11) is 0. The Kier molecular flexibility index (Phi) is 1.75. The van der Waals surface area contributed by atoms with Crippen LogP contribution in [0, 0.1) is 11.3 Å². The van der Waals surface area contributed by atoms with E-state index in [4.69, 9.17) is 11.0 Å². The summed E-state index contributed by atoms with van der Waals surface area (Å²) < 4.78 is 0. The first kappa shape index (κ1) is 7.59. The van der Waals surface area contributed by atoms with Crippen LogP contribution in [0.1, 0.15) is 16.0 Å². The molecular formula is C8H9N3S. The topological polar surface area (TPSA) is 61.8 Å². The van der Waals surface area contributed by atoms with E-state index in [0.717, 1.165) is 19.5 Å². The van der Waals surface area contributed by atoms with Crippen LogP contribution in [0.3, 0.4) is 0 Å². The Morgan fingerprint density at radius 1 is 1.58 bits per heavy atom. The van der Waals surface area contributed by atoms with Gasteiger partial charge in [0, 0.05) is 11.4 Å². The normalized spacial score (nSPS) is 15.2. The second-order valence-corrected chi connectivity index (χ2v) is 3.92. The fourth-order valence-electron chi connectivity index (χ4n) is 1.48. The highest BCUT2D eigenvalue weighted by Gasteiger charge is 2.18. The zero-order valence-corrected chi connectivity index (χ0v) is 7.37. The molecule has 0 saturated carbocycles. The molecule has 0 bridgehead atoms. The largest absolute Gasteiger partial charge is 0.389 e. The first-order valence-electron chi connectivity index (χ1n) is 3.83. The van der Waals surface area contributed by atoms with E-state index in [1.807, 2.05) is 0 Å². The van der Waals surface area contributed by atoms with Gasteiger partial charge in [0.1, 0.15) is 11.1 Å². The lowest BCUT2D eigenvalue weighted by Gasteiger charge is -2.11. The number of nitrogens with two attached hydrogens (primary N) is 1. The molecule has 0 radical (unpaired) electrons. The first-order valence-corrected chi connectivity index (χ1v) is 4.65. The first-order chi connectivity index (χ1) is 5.83. The van der Waals surface area contributed by atoms with Crippen molar-refractivity contribution >= 4 is 16.3 Å². The maximum atomic E-state index is 8.82. The number of nitrogens with one attached hydrogen (secondary N) is 1. The van der Waals surface area contributed by atoms with Crippen molar-refractivity contribution in [1.29, 1.82) is 5.26 Å². The Morgan fingerprint density at radius 3 is 3.17 bits per heavy atom. The van der Waals surface area contributed by atoms with Crippen LogP contribution in [0.15, 0.2) is 0 Å². The highest BCUT2D eigenvalue weighted by Crippen LogP contribution is 2.32. The van der Waals surface area contributed by atoms with Gasteiger partial charge in [0.05, 0.1) is 5.56 Å². The van der Waals surface area contributed by atoms with Crippen molar-refractivity contribution < 1.29 is 0 Å². The SMILES string of the molecule is N#Cc1c(N)sc2c1CCNC2. The van der Waals surface area contributed by atoms with Gasteiger partial charge in [-0.1, -0.05) is 0 Å². The van der Waals surface area contributed by atoms with Crippen LogP contribution in [0.2, 0.25) is 0 Å². The molecule has 0 amide bonds. The lowest BCUT2D eigenvalue weighted by Crippen LogP contribution is -2.22. The molecule has 1 aromatic heterocycles. The van der Waals surface area contributed by atoms with Crippen LogP contribution in [0.25, 0.3) is 0 Å². The second-order valence-electron chi connectivity index (χ2n) is 2.78. The van der Waals surface area contributed by atoms with Crippen molar-refractivity contribution in [3.63, 3.8) is 0 Å². The molecule has 0 aromatic carbocycles. The van der Waals surface area contributed by atoms with Crippen molar-refractivity contribution in [2.45, 2.75) is 13.0 Å². The lowest BCUT2D eigenvalue weighted by atomic mass is 10.1. The van der Waals surface area contributed by atoms with Gasteiger partial charge in [-0.25, -0.2) is 0 Å². The summed E-state index contributed by atoms with van der Waals surface area (Å²) in [4.78, 5) is 1.23. The monoisotopic (exact) mass is 179 g/mol. The molecule has 1 aliphatic rings. The zero-order chi connectivity index (χ0) is 8.55. The molecule has 2 rings (SSSR count). The fourth-order valence-corrected chi connectivity index (χ4v) is 2.52. The maximum absolute atomic E-state index is 8.82. The molecule has 4 heteroatoms. The van der Waals surface area contributed by atoms with Crippen LogP contribution >= 0.6 is 11.3 Å². The number of nitrogens with zero attached hydrogens (tertiary/aromatic N) is 1. The van der Waals surface area contributed by atoms with Gasteiger partial charge in [0.15, 0.2) is 0 Å². The Labute approximate surface area is 74.8 Å². The van der Waals surface area contributed by atoms with Crippen LogP contribution in [-0.4, -0.2) is 6.54 Å². The van der Waals surface area contributed by atoms with E-state index in [1.165, 1.54) is 21.8 Å². The third-order valence-corrected chi connectivity index (χ3v) is 3.13. The molecule has 1 aromatic rings. The third-order valence-electron chi connectivity index (χ3n) is 2.07. The van der Waals surface area contributed by atoms with Gasteiger partial charge < -0.3 is 11.1 Å². The number of fused-ring (bicyclic) bond motifs is 1. The number of rotatable bonds is 0. The highest BCUT2D eigenvalue weighted by atomic mass is 32.1. The minimum absolute atomic E-state index is 0.672. The zero-order valence-electron chi connectivity index (χ0n) is 6.55. The van der Waals surface area contributed by atoms with Crippen LogP contribution in [0.4, 0.5) is 5.00 Å². The Hall–Kier alpha value is -1.05. The summed E-state index contributed by atoms with van der Waals surface area (Å²) >= 11 is 1.53. The standard InChI is InChI=1S/C8H9N3S/c9-3-6-5-1-2-11-4-7(5)12-8(6)10/h11H,1-2,4,10H2. The number of hydrogen-bond acceptors (Lipinski definition) is 4. The molecular weight excluding hydrogens is 170 g/mol. The fraction of sp³-hybridized carbons (Fsp3) is 0.375. The Balaban J connectivity index is 2.56. The van der Waals surface area contributed by atoms with E-state index < -0.39 is 0 Å². The molecule has 2 heterocycles. The minimum atomic E-state index is 0.672. The number of nitriles is 1. The molecule has 12 heavy (non-hydrogen) atoms. The Bertz CT molecular complexity index is 348. The molecule has 0 saturated heterocycles. The van der Waals surface area contributed by atoms with Crippen LogP contribution in [-0.2, 0) is 13.0 Å². The lowest BCUT2D eigenvalue weighted by molar-refractivity contribution is 0.654. The average molecular weight is 179 g/mol. The van der Waals surface area contributed by atoms with E-state index in [0.29, 0.717) is 10.6 Å². The van der Waals surface area contributed by atoms with Gasteiger partial charge in [-0.2, -0.15) is 5.26 Å². The molecule has 0 unspecified atom stereocenters. The van der Waals surface area contributed by atoms with Crippen molar-refractivity contribution in [2.24, 2.45) is 0 Å². The van der Waals surface area contributed by atoms with E-state index in [2.05, 4.69) is 11.4 Å². The average Bonchev–Trinajstić information content (AvgIpc) is 2.40. The van der Waals surface area contributed by atoms with Crippen molar-refractivity contribution in [3.05, 3.63) is 16.0 Å².